The van der Waals surface area contributed by atoms with Gasteiger partial charge in [0.1, 0.15) is 6.54 Å². The average Bonchev–Trinajstić information content (AvgIpc) is 3.44. The van der Waals surface area contributed by atoms with E-state index in [0.29, 0.717) is 16.8 Å². The fourth-order valence-electron chi connectivity index (χ4n) is 4.35. The van der Waals surface area contributed by atoms with Gasteiger partial charge in [0.05, 0.1) is 16.9 Å². The number of fused-ring (bicyclic) bond motifs is 1. The molecule has 6 nitrogen and oxygen atoms in total. The minimum absolute atomic E-state index is 0.0240. The number of hydrogen-bond acceptors (Lipinski definition) is 4. The molecule has 29 heavy (non-hydrogen) atoms. The quantitative estimate of drug-likeness (QED) is 0.676. The molecule has 1 aromatic carbocycles. The van der Waals surface area contributed by atoms with Gasteiger partial charge in [-0.05, 0) is 49.3 Å². The van der Waals surface area contributed by atoms with Crippen molar-refractivity contribution >= 4 is 28.1 Å². The number of rotatable bonds is 6. The molecule has 1 unspecified atom stereocenters. The molecule has 0 saturated heterocycles. The van der Waals surface area contributed by atoms with Crippen LogP contribution in [0.1, 0.15) is 43.5 Å². The number of aromatic nitrogens is 2. The molecule has 0 radical (unpaired) electrons. The summed E-state index contributed by atoms with van der Waals surface area (Å²) in [6, 6.07) is 11.0. The van der Waals surface area contributed by atoms with Crippen molar-refractivity contribution in [2.45, 2.75) is 51.7 Å². The Morgan fingerprint density at radius 1 is 1.14 bits per heavy atom. The molecule has 1 atom stereocenters. The van der Waals surface area contributed by atoms with Crippen LogP contribution in [0.2, 0.25) is 0 Å². The molecule has 1 amide bonds. The van der Waals surface area contributed by atoms with E-state index < -0.39 is 5.69 Å². The second-order valence-corrected chi connectivity index (χ2v) is 8.52. The number of hydrogen-bond donors (Lipinski definition) is 1. The lowest BCUT2D eigenvalue weighted by Gasteiger charge is -2.24. The van der Waals surface area contributed by atoms with E-state index in [9.17, 15) is 14.4 Å². The van der Waals surface area contributed by atoms with E-state index in [-0.39, 0.29) is 30.6 Å². The lowest BCUT2D eigenvalue weighted by Crippen LogP contribution is -2.43. The minimum Gasteiger partial charge on any atom is -0.347 e. The van der Waals surface area contributed by atoms with E-state index in [4.69, 9.17) is 0 Å². The summed E-state index contributed by atoms with van der Waals surface area (Å²) >= 11 is 1.65. The van der Waals surface area contributed by atoms with Crippen LogP contribution < -0.4 is 16.6 Å². The SMILES string of the molecule is CCn1c(=O)c2ccccc2n(CC(=O)NC(c2cccs2)C2CCCC2)c1=O. The van der Waals surface area contributed by atoms with E-state index in [1.54, 1.807) is 42.5 Å². The molecule has 7 heteroatoms. The molecule has 1 aliphatic carbocycles. The van der Waals surface area contributed by atoms with Crippen molar-refractivity contribution in [3.8, 4) is 0 Å². The van der Waals surface area contributed by atoms with E-state index in [0.717, 1.165) is 17.7 Å². The van der Waals surface area contributed by atoms with Crippen LogP contribution in [0.4, 0.5) is 0 Å². The highest BCUT2D eigenvalue weighted by atomic mass is 32.1. The standard InChI is InChI=1S/C22H25N3O3S/c1-2-24-21(27)16-10-5-6-11-17(16)25(22(24)28)14-19(26)23-20(15-8-3-4-9-15)18-12-7-13-29-18/h5-7,10-13,15,20H,2-4,8-9,14H2,1H3,(H,23,26). The first kappa shape index (κ1) is 19.6. The second-order valence-electron chi connectivity index (χ2n) is 7.54. The van der Waals surface area contributed by atoms with Crippen molar-refractivity contribution in [3.63, 3.8) is 0 Å². The third kappa shape index (κ3) is 3.79. The van der Waals surface area contributed by atoms with Gasteiger partial charge < -0.3 is 5.32 Å². The first-order chi connectivity index (χ1) is 14.1. The Kier molecular flexibility index (Phi) is 5.67. The Labute approximate surface area is 172 Å². The van der Waals surface area contributed by atoms with Gasteiger partial charge >= 0.3 is 5.69 Å². The Morgan fingerprint density at radius 3 is 2.59 bits per heavy atom. The van der Waals surface area contributed by atoms with Crippen LogP contribution in [0.5, 0.6) is 0 Å². The van der Waals surface area contributed by atoms with Crippen molar-refractivity contribution < 1.29 is 4.79 Å². The molecule has 4 rings (SSSR count). The summed E-state index contributed by atoms with van der Waals surface area (Å²) in [5, 5.41) is 5.66. The molecule has 0 spiro atoms. The van der Waals surface area contributed by atoms with Gasteiger partial charge in [0.2, 0.25) is 5.91 Å². The Morgan fingerprint density at radius 2 is 1.90 bits per heavy atom. The topological polar surface area (TPSA) is 73.1 Å². The highest BCUT2D eigenvalue weighted by molar-refractivity contribution is 7.10. The van der Waals surface area contributed by atoms with Crippen molar-refractivity contribution in [2.24, 2.45) is 5.92 Å². The lowest BCUT2D eigenvalue weighted by atomic mass is 9.96. The number of amides is 1. The van der Waals surface area contributed by atoms with Crippen LogP contribution in [-0.4, -0.2) is 15.0 Å². The predicted molar refractivity (Wildman–Crippen MR) is 115 cm³/mol. The molecule has 0 bridgehead atoms. The van der Waals surface area contributed by atoms with Crippen LogP contribution >= 0.6 is 11.3 Å². The number of para-hydroxylation sites is 1. The second kappa shape index (κ2) is 8.37. The Hall–Kier alpha value is -2.67. The molecular weight excluding hydrogens is 386 g/mol. The maximum absolute atomic E-state index is 13.0. The summed E-state index contributed by atoms with van der Waals surface area (Å²) in [5.41, 5.74) is -0.261. The number of benzene rings is 1. The number of carbonyl (C=O) groups excluding carboxylic acids is 1. The van der Waals surface area contributed by atoms with E-state index in [1.165, 1.54) is 22.0 Å². The third-order valence-electron chi connectivity index (χ3n) is 5.79. The van der Waals surface area contributed by atoms with E-state index in [2.05, 4.69) is 11.4 Å². The van der Waals surface area contributed by atoms with Crippen molar-refractivity contribution in [1.82, 2.24) is 14.5 Å². The maximum atomic E-state index is 13.0. The molecule has 1 N–H and O–H groups in total. The van der Waals surface area contributed by atoms with Gasteiger partial charge in [-0.25, -0.2) is 4.79 Å². The summed E-state index contributed by atoms with van der Waals surface area (Å²) in [5.74, 6) is 0.222. The Bertz CT molecular complexity index is 1120. The molecule has 2 heterocycles. The maximum Gasteiger partial charge on any atom is 0.331 e. The highest BCUT2D eigenvalue weighted by Gasteiger charge is 2.28. The lowest BCUT2D eigenvalue weighted by molar-refractivity contribution is -0.122. The van der Waals surface area contributed by atoms with Crippen molar-refractivity contribution in [2.75, 3.05) is 0 Å². The molecule has 1 fully saturated rings. The van der Waals surface area contributed by atoms with Crippen LogP contribution in [0.3, 0.4) is 0 Å². The van der Waals surface area contributed by atoms with Gasteiger partial charge in [-0.2, -0.15) is 0 Å². The van der Waals surface area contributed by atoms with Gasteiger partial charge in [-0.3, -0.25) is 18.7 Å². The number of nitrogens with zero attached hydrogens (tertiary/aromatic N) is 2. The summed E-state index contributed by atoms with van der Waals surface area (Å²) in [6.45, 7) is 1.92. The number of nitrogens with one attached hydrogen (secondary N) is 1. The highest BCUT2D eigenvalue weighted by Crippen LogP contribution is 2.37. The monoisotopic (exact) mass is 411 g/mol. The van der Waals surface area contributed by atoms with Gasteiger partial charge in [-0.1, -0.05) is 31.0 Å². The van der Waals surface area contributed by atoms with Crippen molar-refractivity contribution in [1.29, 1.82) is 0 Å². The van der Waals surface area contributed by atoms with Crippen LogP contribution in [0.25, 0.3) is 10.9 Å². The largest absolute Gasteiger partial charge is 0.347 e. The van der Waals surface area contributed by atoms with Crippen molar-refractivity contribution in [3.05, 3.63) is 67.5 Å². The molecule has 0 aliphatic heterocycles. The zero-order valence-electron chi connectivity index (χ0n) is 16.5. The first-order valence-electron chi connectivity index (χ1n) is 10.1. The van der Waals surface area contributed by atoms with Gasteiger partial charge in [0.15, 0.2) is 0 Å². The van der Waals surface area contributed by atoms with Crippen LogP contribution in [-0.2, 0) is 17.9 Å². The minimum atomic E-state index is -0.445. The fourth-order valence-corrected chi connectivity index (χ4v) is 5.21. The number of carbonyl (C=O) groups is 1. The molecule has 3 aromatic rings. The fraction of sp³-hybridized carbons (Fsp3) is 0.409. The zero-order valence-corrected chi connectivity index (χ0v) is 17.3. The Balaban J connectivity index is 1.67. The van der Waals surface area contributed by atoms with E-state index >= 15 is 0 Å². The molecule has 1 saturated carbocycles. The van der Waals surface area contributed by atoms with E-state index in [1.807, 2.05) is 11.4 Å². The third-order valence-corrected chi connectivity index (χ3v) is 6.74. The van der Waals surface area contributed by atoms with Gasteiger partial charge in [-0.15, -0.1) is 11.3 Å². The number of thiophene rings is 1. The molecule has 1 aliphatic rings. The van der Waals surface area contributed by atoms with Crippen LogP contribution in [0.15, 0.2) is 51.4 Å². The summed E-state index contributed by atoms with van der Waals surface area (Å²) in [4.78, 5) is 39.6. The summed E-state index contributed by atoms with van der Waals surface area (Å²) < 4.78 is 2.60. The summed E-state index contributed by atoms with van der Waals surface area (Å²) in [6.07, 6.45) is 4.58. The van der Waals surface area contributed by atoms with Gasteiger partial charge in [0.25, 0.3) is 5.56 Å². The van der Waals surface area contributed by atoms with Crippen LogP contribution in [0, 0.1) is 5.92 Å². The molecule has 2 aromatic heterocycles. The smallest absolute Gasteiger partial charge is 0.331 e. The summed E-state index contributed by atoms with van der Waals surface area (Å²) in [7, 11) is 0. The predicted octanol–water partition coefficient (Wildman–Crippen LogP) is 3.29. The van der Waals surface area contributed by atoms with Gasteiger partial charge in [0, 0.05) is 11.4 Å². The molecular formula is C22H25N3O3S. The average molecular weight is 412 g/mol. The first-order valence-corrected chi connectivity index (χ1v) is 11.0. The normalized spacial score (nSPS) is 15.6. The molecule has 152 valence electrons. The zero-order chi connectivity index (χ0) is 20.4.